The fourth-order valence-electron chi connectivity index (χ4n) is 1.95. The summed E-state index contributed by atoms with van der Waals surface area (Å²) in [6, 6.07) is 7.89. The van der Waals surface area contributed by atoms with Gasteiger partial charge < -0.3 is 9.47 Å². The van der Waals surface area contributed by atoms with Crippen LogP contribution in [0.2, 0.25) is 0 Å². The number of hydrogen-bond acceptors (Lipinski definition) is 4. The molecular weight excluding hydrogens is 300 g/mol. The first-order chi connectivity index (χ1) is 12.6. The van der Waals surface area contributed by atoms with Crippen LogP contribution in [-0.4, -0.2) is 32.6 Å². The molecule has 1 heterocycles. The average molecular weight is 332 g/mol. The number of hydrogen-bond donors (Lipinski definition) is 0. The maximum atomic E-state index is 12.6. The van der Waals surface area contributed by atoms with E-state index in [2.05, 4.69) is 0 Å². The third-order valence-corrected chi connectivity index (χ3v) is 5.62. The van der Waals surface area contributed by atoms with Crippen molar-refractivity contribution in [3.8, 4) is 0 Å². The van der Waals surface area contributed by atoms with E-state index in [1.165, 1.54) is 26.0 Å². The zero-order chi connectivity index (χ0) is 21.6. The van der Waals surface area contributed by atoms with Crippen LogP contribution in [0.15, 0.2) is 35.2 Å². The molecule has 0 saturated carbocycles. The molecule has 4 nitrogen and oxygen atoms in total. The molecule has 1 aromatic carbocycles. The van der Waals surface area contributed by atoms with Gasteiger partial charge in [0.15, 0.2) is 16.1 Å². The lowest BCUT2D eigenvalue weighted by Crippen LogP contribution is -2.41. The van der Waals surface area contributed by atoms with Crippen molar-refractivity contribution in [1.82, 2.24) is 0 Å². The van der Waals surface area contributed by atoms with Crippen LogP contribution >= 0.6 is 0 Å². The maximum absolute atomic E-state index is 12.6. The van der Waals surface area contributed by atoms with Crippen molar-refractivity contribution in [3.05, 3.63) is 30.3 Å². The Morgan fingerprint density at radius 1 is 1.45 bits per heavy atom. The van der Waals surface area contributed by atoms with E-state index < -0.39 is 53.4 Å². The number of sulfone groups is 1. The molecule has 2 unspecified atom stereocenters. The second kappa shape index (κ2) is 7.11. The van der Waals surface area contributed by atoms with Crippen LogP contribution in [-0.2, 0) is 19.3 Å². The third kappa shape index (κ3) is 4.54. The minimum Gasteiger partial charge on any atom is -0.353 e. The summed E-state index contributed by atoms with van der Waals surface area (Å²) in [6.45, 7) is 4.11. The summed E-state index contributed by atoms with van der Waals surface area (Å²) in [7, 11) is -3.64. The summed E-state index contributed by atoms with van der Waals surface area (Å²) < 4.78 is 83.9. The van der Waals surface area contributed by atoms with Crippen LogP contribution in [0.1, 0.15) is 48.1 Å². The summed E-state index contributed by atoms with van der Waals surface area (Å²) in [4.78, 5) is 0.149. The van der Waals surface area contributed by atoms with Crippen LogP contribution in [0.4, 0.5) is 0 Å². The minimum absolute atomic E-state index is 0.149. The maximum Gasteiger partial charge on any atom is 0.178 e. The molecule has 3 atom stereocenters. The van der Waals surface area contributed by atoms with Crippen LogP contribution < -0.4 is 0 Å². The van der Waals surface area contributed by atoms with Crippen molar-refractivity contribution < 1.29 is 26.1 Å². The first-order valence-corrected chi connectivity index (χ1v) is 8.76. The Hall–Kier alpha value is -0.910. The van der Waals surface area contributed by atoms with E-state index in [-0.39, 0.29) is 10.6 Å². The SMILES string of the molecule is [2H]C1COC([2H])(OC(C)(C)[C@@H](C)CS(=O)(=O)c2ccccc2)C([2H])([2H])C1([2H])[2H]. The summed E-state index contributed by atoms with van der Waals surface area (Å²) in [5.74, 6) is -0.976. The van der Waals surface area contributed by atoms with Gasteiger partial charge in [-0.1, -0.05) is 25.1 Å². The second-order valence-corrected chi connectivity index (χ2v) is 7.81. The van der Waals surface area contributed by atoms with E-state index in [0.29, 0.717) is 0 Å². The lowest BCUT2D eigenvalue weighted by molar-refractivity contribution is -0.225. The highest BCUT2D eigenvalue weighted by molar-refractivity contribution is 7.91. The molecule has 1 aliphatic heterocycles. The summed E-state index contributed by atoms with van der Waals surface area (Å²) in [6.07, 6.45) is -9.85. The Labute approximate surface area is 142 Å². The van der Waals surface area contributed by atoms with Gasteiger partial charge in [-0.3, -0.25) is 0 Å². The molecule has 1 aliphatic rings. The van der Waals surface area contributed by atoms with Crippen LogP contribution in [0.25, 0.3) is 0 Å². The fraction of sp³-hybridized carbons (Fsp3) is 0.647. The number of rotatable bonds is 6. The van der Waals surface area contributed by atoms with Crippen LogP contribution in [0, 0.1) is 5.92 Å². The Morgan fingerprint density at radius 3 is 2.82 bits per heavy atom. The van der Waals surface area contributed by atoms with E-state index in [1.54, 1.807) is 25.1 Å². The molecule has 2 rings (SSSR count). The normalized spacial score (nSPS) is 36.8. The minimum atomic E-state index is -3.64. The standard InChI is InChI=1S/C17H26O4S/c1-14(13-22(18,19)15-9-5-4-6-10-15)17(2,3)21-16-11-7-8-12-20-16/h4-6,9-10,14,16H,7-8,11-13H2,1-3H3/t14-,16?/m0/s1/i7D2,8D,11D2,16D/t8?,14-,16?. The quantitative estimate of drug-likeness (QED) is 0.801. The van der Waals surface area contributed by atoms with Crippen molar-refractivity contribution in [2.45, 2.75) is 56.7 Å². The van der Waals surface area contributed by atoms with Crippen molar-refractivity contribution in [2.24, 2.45) is 5.92 Å². The lowest BCUT2D eigenvalue weighted by Gasteiger charge is -2.36. The van der Waals surface area contributed by atoms with E-state index >= 15 is 0 Å². The van der Waals surface area contributed by atoms with Gasteiger partial charge in [-0.15, -0.1) is 0 Å². The molecular formula is C17H26O4S. The van der Waals surface area contributed by atoms with Gasteiger partial charge in [0.2, 0.25) is 0 Å². The number of ether oxygens (including phenoxy) is 2. The molecule has 0 aliphatic carbocycles. The van der Waals surface area contributed by atoms with Gasteiger partial charge in [-0.05, 0) is 51.0 Å². The van der Waals surface area contributed by atoms with Crippen molar-refractivity contribution in [3.63, 3.8) is 0 Å². The highest BCUT2D eigenvalue weighted by Gasteiger charge is 2.34. The largest absolute Gasteiger partial charge is 0.353 e. The highest BCUT2D eigenvalue weighted by Crippen LogP contribution is 2.29. The van der Waals surface area contributed by atoms with E-state index in [4.69, 9.17) is 17.7 Å². The first kappa shape index (κ1) is 10.8. The van der Waals surface area contributed by atoms with Crippen molar-refractivity contribution in [1.29, 1.82) is 0 Å². The molecule has 0 amide bonds. The number of benzene rings is 1. The molecule has 0 bridgehead atoms. The summed E-state index contributed by atoms with van der Waals surface area (Å²) >= 11 is 0. The fourth-order valence-corrected chi connectivity index (χ4v) is 3.78. The zero-order valence-corrected chi connectivity index (χ0v) is 13.8. The Bertz CT molecular complexity index is 799. The predicted molar refractivity (Wildman–Crippen MR) is 86.4 cm³/mol. The van der Waals surface area contributed by atoms with Gasteiger partial charge >= 0.3 is 0 Å². The Morgan fingerprint density at radius 2 is 2.14 bits per heavy atom. The topological polar surface area (TPSA) is 52.6 Å². The molecule has 0 N–H and O–H groups in total. The lowest BCUT2D eigenvalue weighted by atomic mass is 9.94. The van der Waals surface area contributed by atoms with Crippen LogP contribution in [0.3, 0.4) is 0 Å². The van der Waals surface area contributed by atoms with E-state index in [0.717, 1.165) is 0 Å². The van der Waals surface area contributed by atoms with Gasteiger partial charge in [0.05, 0.1) is 17.6 Å². The Balaban J connectivity index is 2.24. The van der Waals surface area contributed by atoms with Crippen molar-refractivity contribution >= 4 is 9.84 Å². The molecule has 5 heteroatoms. The monoisotopic (exact) mass is 332 g/mol. The summed E-state index contributed by atoms with van der Waals surface area (Å²) in [5, 5.41) is 0. The second-order valence-electron chi connectivity index (χ2n) is 5.77. The van der Waals surface area contributed by atoms with Gasteiger partial charge in [0.1, 0.15) is 0 Å². The molecule has 0 aromatic heterocycles. The van der Waals surface area contributed by atoms with Gasteiger partial charge in [-0.2, -0.15) is 0 Å². The molecule has 124 valence electrons. The molecule has 0 radical (unpaired) electrons. The molecule has 1 aromatic rings. The van der Waals surface area contributed by atoms with E-state index in [1.807, 2.05) is 0 Å². The molecule has 1 saturated heterocycles. The third-order valence-electron chi connectivity index (χ3n) is 3.69. The highest BCUT2D eigenvalue weighted by atomic mass is 32.2. The average Bonchev–Trinajstić information content (AvgIpc) is 2.58. The molecule has 22 heavy (non-hydrogen) atoms. The van der Waals surface area contributed by atoms with Crippen LogP contribution in [0.5, 0.6) is 0 Å². The zero-order valence-electron chi connectivity index (χ0n) is 19.0. The Kier molecular flexibility index (Phi) is 3.49. The van der Waals surface area contributed by atoms with E-state index in [9.17, 15) is 8.42 Å². The predicted octanol–water partition coefficient (Wildman–Crippen LogP) is 3.42. The van der Waals surface area contributed by atoms with Crippen molar-refractivity contribution in [2.75, 3.05) is 12.4 Å². The molecule has 1 fully saturated rings. The molecule has 0 spiro atoms. The summed E-state index contributed by atoms with van der Waals surface area (Å²) in [5.41, 5.74) is -1.33. The van der Waals surface area contributed by atoms with Gasteiger partial charge in [-0.25, -0.2) is 8.42 Å². The van der Waals surface area contributed by atoms with Gasteiger partial charge in [0.25, 0.3) is 0 Å². The van der Waals surface area contributed by atoms with Gasteiger partial charge in [0, 0.05) is 13.5 Å². The smallest absolute Gasteiger partial charge is 0.178 e. The first-order valence-electron chi connectivity index (χ1n) is 10.2.